The van der Waals surface area contributed by atoms with E-state index in [-0.39, 0.29) is 0 Å². The maximum Gasteiger partial charge on any atom is 0.0684 e. The summed E-state index contributed by atoms with van der Waals surface area (Å²) in [5.41, 5.74) is 0.336. The van der Waals surface area contributed by atoms with E-state index in [4.69, 9.17) is 4.74 Å². The van der Waals surface area contributed by atoms with Gasteiger partial charge in [0.2, 0.25) is 0 Å². The van der Waals surface area contributed by atoms with Crippen LogP contribution in [0.1, 0.15) is 46.0 Å². The first kappa shape index (κ1) is 13.3. The van der Waals surface area contributed by atoms with Crippen molar-refractivity contribution in [1.29, 1.82) is 0 Å². The van der Waals surface area contributed by atoms with Crippen molar-refractivity contribution in [3.63, 3.8) is 0 Å². The molecule has 1 N–H and O–H groups in total. The van der Waals surface area contributed by atoms with Gasteiger partial charge in [0.1, 0.15) is 0 Å². The molecule has 3 rings (SSSR count). The molecule has 104 valence electrons. The van der Waals surface area contributed by atoms with Crippen molar-refractivity contribution >= 4 is 11.8 Å². The quantitative estimate of drug-likeness (QED) is 0.851. The van der Waals surface area contributed by atoms with Gasteiger partial charge in [-0.2, -0.15) is 11.8 Å². The van der Waals surface area contributed by atoms with Crippen molar-refractivity contribution in [1.82, 2.24) is 5.32 Å². The summed E-state index contributed by atoms with van der Waals surface area (Å²) in [6.07, 6.45) is 9.53. The van der Waals surface area contributed by atoms with Gasteiger partial charge >= 0.3 is 0 Å². The van der Waals surface area contributed by atoms with Crippen LogP contribution in [0.4, 0.5) is 0 Å². The summed E-state index contributed by atoms with van der Waals surface area (Å²) in [5, 5.41) is 4.87. The Morgan fingerprint density at radius 3 is 2.78 bits per heavy atom. The Hall–Kier alpha value is 0.270. The maximum absolute atomic E-state index is 5.99. The molecule has 0 aromatic heterocycles. The number of nitrogens with one attached hydrogen (secondary N) is 1. The standard InChI is InChI=1S/C15H27NOS/c1-15(2)13(12-5-4-8-17-14(12)15)16-10-6-7-11(9-10)18-3/h10-14,16H,4-9H2,1-3H3/t10-,11+,12+,13+,14-/m0/s1. The highest BCUT2D eigenvalue weighted by molar-refractivity contribution is 7.99. The highest BCUT2D eigenvalue weighted by atomic mass is 32.2. The van der Waals surface area contributed by atoms with Crippen LogP contribution in [-0.4, -0.2) is 36.3 Å². The normalized spacial score (nSPS) is 46.5. The third-order valence-corrected chi connectivity index (χ3v) is 6.56. The van der Waals surface area contributed by atoms with Crippen molar-refractivity contribution in [2.75, 3.05) is 12.9 Å². The number of hydrogen-bond acceptors (Lipinski definition) is 3. The molecule has 1 saturated heterocycles. The minimum atomic E-state index is 0.336. The van der Waals surface area contributed by atoms with E-state index < -0.39 is 0 Å². The predicted molar refractivity (Wildman–Crippen MR) is 78.1 cm³/mol. The van der Waals surface area contributed by atoms with E-state index in [0.717, 1.165) is 23.8 Å². The first-order valence-electron chi connectivity index (χ1n) is 7.53. The molecular weight excluding hydrogens is 242 g/mol. The van der Waals surface area contributed by atoms with Crippen LogP contribution < -0.4 is 5.32 Å². The van der Waals surface area contributed by atoms with E-state index in [1.54, 1.807) is 0 Å². The van der Waals surface area contributed by atoms with E-state index in [2.05, 4.69) is 25.4 Å². The van der Waals surface area contributed by atoms with Gasteiger partial charge in [0, 0.05) is 35.3 Å². The van der Waals surface area contributed by atoms with Crippen LogP contribution in [0.2, 0.25) is 0 Å². The fourth-order valence-corrected chi connectivity index (χ4v) is 5.22. The van der Waals surface area contributed by atoms with E-state index in [1.807, 2.05) is 11.8 Å². The molecule has 5 atom stereocenters. The number of rotatable bonds is 3. The van der Waals surface area contributed by atoms with Crippen molar-refractivity contribution in [3.05, 3.63) is 0 Å². The monoisotopic (exact) mass is 269 g/mol. The van der Waals surface area contributed by atoms with Gasteiger partial charge in [0.15, 0.2) is 0 Å². The Kier molecular flexibility index (Phi) is 3.68. The SMILES string of the molecule is CS[C@@H]1CC[C@H](N[C@@H]2[C@H]3CCCO[C@@H]3C2(C)C)C1. The highest BCUT2D eigenvalue weighted by Crippen LogP contribution is 2.51. The third-order valence-electron chi connectivity index (χ3n) is 5.46. The minimum Gasteiger partial charge on any atom is -0.377 e. The summed E-state index contributed by atoms with van der Waals surface area (Å²) in [6, 6.07) is 1.45. The molecule has 0 spiro atoms. The molecular formula is C15H27NOS. The fraction of sp³-hybridized carbons (Fsp3) is 1.00. The second-order valence-electron chi connectivity index (χ2n) is 6.93. The van der Waals surface area contributed by atoms with Crippen LogP contribution in [-0.2, 0) is 4.74 Å². The zero-order valence-electron chi connectivity index (χ0n) is 11.9. The minimum absolute atomic E-state index is 0.336. The Morgan fingerprint density at radius 2 is 2.06 bits per heavy atom. The molecule has 0 radical (unpaired) electrons. The zero-order chi connectivity index (χ0) is 12.8. The molecule has 0 unspecified atom stereocenters. The Morgan fingerprint density at radius 1 is 1.22 bits per heavy atom. The van der Waals surface area contributed by atoms with Crippen LogP contribution in [0.3, 0.4) is 0 Å². The van der Waals surface area contributed by atoms with Crippen LogP contribution in [0.15, 0.2) is 0 Å². The van der Waals surface area contributed by atoms with Gasteiger partial charge in [-0.15, -0.1) is 0 Å². The molecule has 0 amide bonds. The molecule has 3 aliphatic rings. The topological polar surface area (TPSA) is 21.3 Å². The Balaban J connectivity index is 1.59. The van der Waals surface area contributed by atoms with E-state index in [1.165, 1.54) is 32.1 Å². The summed E-state index contributed by atoms with van der Waals surface area (Å²) < 4.78 is 5.99. The molecule has 2 aliphatic carbocycles. The third kappa shape index (κ3) is 2.12. The molecule has 0 aromatic carbocycles. The number of hydrogen-bond donors (Lipinski definition) is 1. The number of ether oxygens (including phenoxy) is 1. The zero-order valence-corrected chi connectivity index (χ0v) is 12.8. The van der Waals surface area contributed by atoms with Crippen molar-refractivity contribution in [2.24, 2.45) is 11.3 Å². The van der Waals surface area contributed by atoms with Crippen molar-refractivity contribution < 1.29 is 4.74 Å². The van der Waals surface area contributed by atoms with Crippen molar-refractivity contribution in [2.45, 2.75) is 69.4 Å². The van der Waals surface area contributed by atoms with Crippen LogP contribution >= 0.6 is 11.8 Å². The fourth-order valence-electron chi connectivity index (χ4n) is 4.42. The van der Waals surface area contributed by atoms with Crippen LogP contribution in [0.5, 0.6) is 0 Å². The first-order chi connectivity index (χ1) is 8.63. The number of fused-ring (bicyclic) bond motifs is 1. The average Bonchev–Trinajstić information content (AvgIpc) is 2.84. The lowest BCUT2D eigenvalue weighted by Crippen LogP contribution is -2.70. The Labute approximate surface area is 116 Å². The highest BCUT2D eigenvalue weighted by Gasteiger charge is 2.58. The molecule has 1 aliphatic heterocycles. The van der Waals surface area contributed by atoms with Gasteiger partial charge in [-0.05, 0) is 38.4 Å². The molecule has 18 heavy (non-hydrogen) atoms. The van der Waals surface area contributed by atoms with Gasteiger partial charge in [-0.25, -0.2) is 0 Å². The largest absolute Gasteiger partial charge is 0.377 e. The summed E-state index contributed by atoms with van der Waals surface area (Å²) >= 11 is 2.05. The van der Waals surface area contributed by atoms with Crippen LogP contribution in [0, 0.1) is 11.3 Å². The van der Waals surface area contributed by atoms with Gasteiger partial charge < -0.3 is 10.1 Å². The summed E-state index contributed by atoms with van der Waals surface area (Å²) in [4.78, 5) is 0. The smallest absolute Gasteiger partial charge is 0.0684 e. The average molecular weight is 269 g/mol. The Bertz CT molecular complexity index is 307. The summed E-state index contributed by atoms with van der Waals surface area (Å²) in [7, 11) is 0. The summed E-state index contributed by atoms with van der Waals surface area (Å²) in [5.74, 6) is 0.780. The lowest BCUT2D eigenvalue weighted by atomic mass is 9.55. The van der Waals surface area contributed by atoms with Crippen molar-refractivity contribution in [3.8, 4) is 0 Å². The molecule has 1 heterocycles. The second kappa shape index (κ2) is 4.99. The molecule has 3 heteroatoms. The van der Waals surface area contributed by atoms with Crippen LogP contribution in [0.25, 0.3) is 0 Å². The van der Waals surface area contributed by atoms with E-state index in [0.29, 0.717) is 17.6 Å². The maximum atomic E-state index is 5.99. The lowest BCUT2D eigenvalue weighted by Gasteiger charge is -2.60. The van der Waals surface area contributed by atoms with E-state index in [9.17, 15) is 0 Å². The predicted octanol–water partition coefficient (Wildman–Crippen LogP) is 3.06. The lowest BCUT2D eigenvalue weighted by molar-refractivity contribution is -0.194. The van der Waals surface area contributed by atoms with Gasteiger partial charge in [0.05, 0.1) is 6.10 Å². The van der Waals surface area contributed by atoms with E-state index >= 15 is 0 Å². The van der Waals surface area contributed by atoms with Gasteiger partial charge in [-0.3, -0.25) is 0 Å². The molecule has 0 bridgehead atoms. The molecule has 2 nitrogen and oxygen atoms in total. The second-order valence-corrected chi connectivity index (χ2v) is 8.07. The van der Waals surface area contributed by atoms with Gasteiger partial charge in [-0.1, -0.05) is 13.8 Å². The first-order valence-corrected chi connectivity index (χ1v) is 8.82. The number of thioether (sulfide) groups is 1. The molecule has 2 saturated carbocycles. The van der Waals surface area contributed by atoms with Gasteiger partial charge in [0.25, 0.3) is 0 Å². The molecule has 0 aromatic rings. The molecule has 3 fully saturated rings. The summed E-state index contributed by atoms with van der Waals surface area (Å²) in [6.45, 7) is 5.76.